The molecule has 0 bridgehead atoms. The second kappa shape index (κ2) is 5.69. The van der Waals surface area contributed by atoms with Crippen molar-refractivity contribution >= 4 is 32.5 Å². The summed E-state index contributed by atoms with van der Waals surface area (Å²) in [5, 5.41) is 17.0. The van der Waals surface area contributed by atoms with Gasteiger partial charge in [0.2, 0.25) is 4.96 Å². The summed E-state index contributed by atoms with van der Waals surface area (Å²) in [5.74, 6) is 0.865. The van der Waals surface area contributed by atoms with Gasteiger partial charge in [-0.3, -0.25) is 9.20 Å². The number of nitrogens with zero attached hydrogens (tertiary/aromatic N) is 3. The summed E-state index contributed by atoms with van der Waals surface area (Å²) < 4.78 is 8.59. The first-order valence-electron chi connectivity index (χ1n) is 6.80. The maximum Gasteiger partial charge on any atom is 0.303 e. The Morgan fingerprint density at radius 1 is 1.43 bits per heavy atom. The van der Waals surface area contributed by atoms with Crippen LogP contribution in [0.15, 0.2) is 18.2 Å². The van der Waals surface area contributed by atoms with Crippen LogP contribution in [-0.2, 0) is 11.2 Å². The minimum atomic E-state index is -0.785. The van der Waals surface area contributed by atoms with Gasteiger partial charge in [0.15, 0.2) is 0 Å². The summed E-state index contributed by atoms with van der Waals surface area (Å²) in [7, 11) is 0. The molecule has 0 saturated carbocycles. The van der Waals surface area contributed by atoms with Crippen molar-refractivity contribution in [2.24, 2.45) is 0 Å². The summed E-state index contributed by atoms with van der Waals surface area (Å²) in [6.45, 7) is 2.59. The van der Waals surface area contributed by atoms with Crippen LogP contribution in [0.1, 0.15) is 25.6 Å². The van der Waals surface area contributed by atoms with E-state index in [1.165, 1.54) is 0 Å². The molecule has 6 nitrogen and oxygen atoms in total. The molecule has 0 aliphatic carbocycles. The minimum Gasteiger partial charge on any atom is -0.494 e. The fourth-order valence-electron chi connectivity index (χ4n) is 2.28. The van der Waals surface area contributed by atoms with E-state index in [0.29, 0.717) is 19.4 Å². The topological polar surface area (TPSA) is 76.7 Å². The zero-order chi connectivity index (χ0) is 14.8. The summed E-state index contributed by atoms with van der Waals surface area (Å²) in [4.78, 5) is 11.4. The molecule has 3 rings (SSSR count). The van der Waals surface area contributed by atoms with Crippen molar-refractivity contribution < 1.29 is 14.6 Å². The third-order valence-electron chi connectivity index (χ3n) is 3.18. The summed E-state index contributed by atoms with van der Waals surface area (Å²) in [5.41, 5.74) is 1.04. The van der Waals surface area contributed by atoms with E-state index in [1.807, 2.05) is 29.5 Å². The smallest absolute Gasteiger partial charge is 0.303 e. The summed E-state index contributed by atoms with van der Waals surface area (Å²) >= 11 is 1.56. The van der Waals surface area contributed by atoms with Crippen molar-refractivity contribution in [3.8, 4) is 5.75 Å². The number of carbonyl (C=O) groups is 1. The third-order valence-corrected chi connectivity index (χ3v) is 4.17. The number of ether oxygens (including phenoxy) is 1. The number of carboxylic acid groups (broad SMARTS) is 1. The van der Waals surface area contributed by atoms with Crippen molar-refractivity contribution in [1.29, 1.82) is 0 Å². The molecule has 0 fully saturated rings. The van der Waals surface area contributed by atoms with Crippen LogP contribution in [0.25, 0.3) is 15.2 Å². The predicted octanol–water partition coefficient (Wildman–Crippen LogP) is 2.75. The molecule has 110 valence electrons. The SMILES string of the molecule is CCOc1ccc2c(c1)sc1nnc(CCCC(=O)O)n12. The van der Waals surface area contributed by atoms with Crippen LogP contribution in [0.3, 0.4) is 0 Å². The fourth-order valence-corrected chi connectivity index (χ4v) is 3.30. The van der Waals surface area contributed by atoms with E-state index in [4.69, 9.17) is 9.84 Å². The normalized spacial score (nSPS) is 11.3. The van der Waals surface area contributed by atoms with Crippen molar-refractivity contribution in [2.45, 2.75) is 26.2 Å². The minimum absolute atomic E-state index is 0.144. The number of aromatic nitrogens is 3. The van der Waals surface area contributed by atoms with Gasteiger partial charge in [0.05, 0.1) is 16.8 Å². The van der Waals surface area contributed by atoms with Gasteiger partial charge in [-0.1, -0.05) is 11.3 Å². The summed E-state index contributed by atoms with van der Waals surface area (Å²) in [6, 6.07) is 5.92. The maximum atomic E-state index is 10.6. The molecule has 0 radical (unpaired) electrons. The van der Waals surface area contributed by atoms with Gasteiger partial charge in [-0.05, 0) is 31.5 Å². The van der Waals surface area contributed by atoms with Crippen molar-refractivity contribution in [2.75, 3.05) is 6.61 Å². The molecule has 0 atom stereocenters. The van der Waals surface area contributed by atoms with E-state index in [-0.39, 0.29) is 6.42 Å². The number of carboxylic acids is 1. The number of aryl methyl sites for hydroxylation is 1. The molecule has 1 N–H and O–H groups in total. The van der Waals surface area contributed by atoms with Gasteiger partial charge in [0.1, 0.15) is 11.6 Å². The van der Waals surface area contributed by atoms with E-state index >= 15 is 0 Å². The number of benzene rings is 1. The van der Waals surface area contributed by atoms with Crippen LogP contribution < -0.4 is 4.74 Å². The van der Waals surface area contributed by atoms with Gasteiger partial charge >= 0.3 is 5.97 Å². The Hall–Kier alpha value is -2.15. The van der Waals surface area contributed by atoms with E-state index in [9.17, 15) is 4.79 Å². The molecule has 0 aliphatic rings. The molecular weight excluding hydrogens is 290 g/mol. The molecule has 2 aromatic heterocycles. The van der Waals surface area contributed by atoms with Gasteiger partial charge in [0.25, 0.3) is 0 Å². The van der Waals surface area contributed by atoms with Crippen LogP contribution in [-0.4, -0.2) is 32.3 Å². The lowest BCUT2D eigenvalue weighted by Crippen LogP contribution is -1.99. The average Bonchev–Trinajstić information content (AvgIpc) is 2.98. The number of aliphatic carboxylic acids is 1. The lowest BCUT2D eigenvalue weighted by Gasteiger charge is -2.02. The van der Waals surface area contributed by atoms with Crippen molar-refractivity contribution in [3.63, 3.8) is 0 Å². The Labute approximate surface area is 125 Å². The molecule has 0 saturated heterocycles. The van der Waals surface area contributed by atoms with Gasteiger partial charge in [-0.15, -0.1) is 10.2 Å². The molecular formula is C14H15N3O3S. The molecule has 2 heterocycles. The van der Waals surface area contributed by atoms with Gasteiger partial charge < -0.3 is 9.84 Å². The first-order valence-corrected chi connectivity index (χ1v) is 7.62. The van der Waals surface area contributed by atoms with Gasteiger partial charge in [-0.2, -0.15) is 0 Å². The Kier molecular flexibility index (Phi) is 3.74. The van der Waals surface area contributed by atoms with E-state index in [1.54, 1.807) is 11.3 Å². The van der Waals surface area contributed by atoms with Crippen LogP contribution >= 0.6 is 11.3 Å². The van der Waals surface area contributed by atoms with Crippen LogP contribution in [0, 0.1) is 0 Å². The lowest BCUT2D eigenvalue weighted by atomic mass is 10.2. The third kappa shape index (κ3) is 2.69. The Morgan fingerprint density at radius 2 is 2.29 bits per heavy atom. The number of hydrogen-bond donors (Lipinski definition) is 1. The van der Waals surface area contributed by atoms with Crippen LogP contribution in [0.4, 0.5) is 0 Å². The van der Waals surface area contributed by atoms with Crippen molar-refractivity contribution in [1.82, 2.24) is 14.6 Å². The second-order valence-electron chi connectivity index (χ2n) is 4.65. The number of rotatable bonds is 6. The van der Waals surface area contributed by atoms with Gasteiger partial charge in [-0.25, -0.2) is 0 Å². The summed E-state index contributed by atoms with van der Waals surface area (Å²) in [6.07, 6.45) is 1.31. The quantitative estimate of drug-likeness (QED) is 0.757. The maximum absolute atomic E-state index is 10.6. The number of thiazole rings is 1. The fraction of sp³-hybridized carbons (Fsp3) is 0.357. The molecule has 7 heteroatoms. The van der Waals surface area contributed by atoms with Gasteiger partial charge in [0, 0.05) is 12.8 Å². The Bertz CT molecular complexity index is 793. The van der Waals surface area contributed by atoms with Crippen LogP contribution in [0.5, 0.6) is 5.75 Å². The van der Waals surface area contributed by atoms with E-state index in [2.05, 4.69) is 10.2 Å². The highest BCUT2D eigenvalue weighted by molar-refractivity contribution is 7.23. The van der Waals surface area contributed by atoms with E-state index < -0.39 is 5.97 Å². The molecule has 0 aliphatic heterocycles. The highest BCUT2D eigenvalue weighted by atomic mass is 32.1. The van der Waals surface area contributed by atoms with E-state index in [0.717, 1.165) is 26.8 Å². The first-order chi connectivity index (χ1) is 10.2. The van der Waals surface area contributed by atoms with Crippen molar-refractivity contribution in [3.05, 3.63) is 24.0 Å². The monoisotopic (exact) mass is 305 g/mol. The molecule has 3 aromatic rings. The first kappa shape index (κ1) is 13.8. The lowest BCUT2D eigenvalue weighted by molar-refractivity contribution is -0.137. The molecule has 1 aromatic carbocycles. The predicted molar refractivity (Wildman–Crippen MR) is 80.1 cm³/mol. The standard InChI is InChI=1S/C14H15N3O3S/c1-2-20-9-6-7-10-11(8-9)21-14-16-15-12(17(10)14)4-3-5-13(18)19/h6-8H,2-5H2,1H3,(H,18,19). The zero-order valence-corrected chi connectivity index (χ0v) is 12.4. The zero-order valence-electron chi connectivity index (χ0n) is 11.6. The number of fused-ring (bicyclic) bond motifs is 3. The molecule has 0 unspecified atom stereocenters. The largest absolute Gasteiger partial charge is 0.494 e. The molecule has 21 heavy (non-hydrogen) atoms. The second-order valence-corrected chi connectivity index (χ2v) is 5.66. The number of hydrogen-bond acceptors (Lipinski definition) is 5. The average molecular weight is 305 g/mol. The Morgan fingerprint density at radius 3 is 3.05 bits per heavy atom. The molecule has 0 spiro atoms. The Balaban J connectivity index is 1.95. The molecule has 0 amide bonds. The highest BCUT2D eigenvalue weighted by Crippen LogP contribution is 2.30. The highest BCUT2D eigenvalue weighted by Gasteiger charge is 2.13. The van der Waals surface area contributed by atoms with Crippen LogP contribution in [0.2, 0.25) is 0 Å².